The Bertz CT molecular complexity index is 787. The predicted molar refractivity (Wildman–Crippen MR) is 84.8 cm³/mol. The van der Waals surface area contributed by atoms with E-state index in [-0.39, 0.29) is 0 Å². The van der Waals surface area contributed by atoms with E-state index in [2.05, 4.69) is 13.2 Å². The van der Waals surface area contributed by atoms with Gasteiger partial charge < -0.3 is 9.47 Å². The summed E-state index contributed by atoms with van der Waals surface area (Å²) in [6, 6.07) is 10.4. The summed E-state index contributed by atoms with van der Waals surface area (Å²) in [5.41, 5.74) is 0.615. The largest absolute Gasteiger partial charge is 0.423 e. The van der Waals surface area contributed by atoms with Crippen molar-refractivity contribution >= 4 is 22.7 Å². The summed E-state index contributed by atoms with van der Waals surface area (Å²) in [4.78, 5) is 23.3. The molecule has 0 saturated heterocycles. The standard InChI is InChI=1S/C18H16O4/c1-11(2)17(19)21-14-9-8-13-6-5-7-16(15(13)10-14)22-18(20)12(3)4/h5-10H,1,3H2,2,4H3. The van der Waals surface area contributed by atoms with Gasteiger partial charge >= 0.3 is 11.9 Å². The van der Waals surface area contributed by atoms with E-state index >= 15 is 0 Å². The molecule has 0 saturated carbocycles. The number of hydrogen-bond acceptors (Lipinski definition) is 4. The van der Waals surface area contributed by atoms with Crippen LogP contribution in [0.5, 0.6) is 11.5 Å². The Hall–Kier alpha value is -2.88. The van der Waals surface area contributed by atoms with Crippen molar-refractivity contribution < 1.29 is 19.1 Å². The zero-order valence-corrected chi connectivity index (χ0v) is 12.5. The molecule has 0 aliphatic rings. The van der Waals surface area contributed by atoms with Crippen LogP contribution in [0.3, 0.4) is 0 Å². The third-order valence-electron chi connectivity index (χ3n) is 2.92. The Morgan fingerprint density at radius 3 is 2.18 bits per heavy atom. The summed E-state index contributed by atoms with van der Waals surface area (Å²) in [5, 5.41) is 1.53. The SMILES string of the molecule is C=C(C)C(=O)Oc1ccc2cccc(OC(=O)C(=C)C)c2c1. The molecule has 0 bridgehead atoms. The molecular weight excluding hydrogens is 280 g/mol. The molecule has 0 heterocycles. The Morgan fingerprint density at radius 1 is 0.909 bits per heavy atom. The molecule has 0 amide bonds. The first-order valence-corrected chi connectivity index (χ1v) is 6.66. The minimum absolute atomic E-state index is 0.307. The quantitative estimate of drug-likeness (QED) is 0.489. The Kier molecular flexibility index (Phi) is 4.41. The van der Waals surface area contributed by atoms with Crippen LogP contribution in [0.4, 0.5) is 0 Å². The lowest BCUT2D eigenvalue weighted by atomic mass is 10.1. The van der Waals surface area contributed by atoms with Gasteiger partial charge in [0.2, 0.25) is 0 Å². The van der Waals surface area contributed by atoms with Crippen molar-refractivity contribution in [2.75, 3.05) is 0 Å². The molecule has 0 aliphatic heterocycles. The van der Waals surface area contributed by atoms with Gasteiger partial charge in [0.05, 0.1) is 0 Å². The highest BCUT2D eigenvalue weighted by atomic mass is 16.5. The molecule has 112 valence electrons. The average molecular weight is 296 g/mol. The molecule has 4 heteroatoms. The number of fused-ring (bicyclic) bond motifs is 1. The van der Waals surface area contributed by atoms with Gasteiger partial charge in [0, 0.05) is 16.5 Å². The minimum atomic E-state index is -0.504. The van der Waals surface area contributed by atoms with Crippen LogP contribution in [0.25, 0.3) is 10.8 Å². The summed E-state index contributed by atoms with van der Waals surface area (Å²) in [5.74, 6) is -0.259. The van der Waals surface area contributed by atoms with Gasteiger partial charge in [-0.3, -0.25) is 0 Å². The molecule has 2 aromatic carbocycles. The monoisotopic (exact) mass is 296 g/mol. The molecule has 2 aromatic rings. The first-order valence-electron chi connectivity index (χ1n) is 6.66. The van der Waals surface area contributed by atoms with E-state index in [1.54, 1.807) is 44.2 Å². The Morgan fingerprint density at radius 2 is 1.55 bits per heavy atom. The minimum Gasteiger partial charge on any atom is -0.423 e. The van der Waals surface area contributed by atoms with E-state index in [0.29, 0.717) is 28.0 Å². The van der Waals surface area contributed by atoms with E-state index in [1.807, 2.05) is 6.07 Å². The van der Waals surface area contributed by atoms with Gasteiger partial charge in [0.15, 0.2) is 0 Å². The molecule has 0 aromatic heterocycles. The maximum absolute atomic E-state index is 11.7. The predicted octanol–water partition coefficient (Wildman–Crippen LogP) is 3.80. The lowest BCUT2D eigenvalue weighted by Gasteiger charge is -2.09. The normalized spacial score (nSPS) is 10.1. The molecule has 22 heavy (non-hydrogen) atoms. The van der Waals surface area contributed by atoms with Crippen LogP contribution in [-0.4, -0.2) is 11.9 Å². The fourth-order valence-corrected chi connectivity index (χ4v) is 1.76. The van der Waals surface area contributed by atoms with Crippen molar-refractivity contribution in [2.45, 2.75) is 13.8 Å². The van der Waals surface area contributed by atoms with E-state index in [1.165, 1.54) is 0 Å². The van der Waals surface area contributed by atoms with Gasteiger partial charge in [-0.2, -0.15) is 0 Å². The Labute approximate surface area is 128 Å². The highest BCUT2D eigenvalue weighted by Crippen LogP contribution is 2.30. The summed E-state index contributed by atoms with van der Waals surface area (Å²) >= 11 is 0. The van der Waals surface area contributed by atoms with E-state index < -0.39 is 11.9 Å². The average Bonchev–Trinajstić information content (AvgIpc) is 2.47. The fraction of sp³-hybridized carbons (Fsp3) is 0.111. The zero-order chi connectivity index (χ0) is 16.3. The van der Waals surface area contributed by atoms with Crippen LogP contribution in [-0.2, 0) is 9.59 Å². The van der Waals surface area contributed by atoms with Crippen LogP contribution in [0.1, 0.15) is 13.8 Å². The van der Waals surface area contributed by atoms with Gasteiger partial charge in [0.25, 0.3) is 0 Å². The van der Waals surface area contributed by atoms with Crippen LogP contribution in [0.15, 0.2) is 60.7 Å². The van der Waals surface area contributed by atoms with Gasteiger partial charge in [-0.05, 0) is 37.4 Å². The molecule has 0 spiro atoms. The number of carbonyl (C=O) groups is 2. The third kappa shape index (κ3) is 3.41. The van der Waals surface area contributed by atoms with E-state index in [4.69, 9.17) is 9.47 Å². The summed E-state index contributed by atoms with van der Waals surface area (Å²) < 4.78 is 10.5. The van der Waals surface area contributed by atoms with Crippen LogP contribution in [0.2, 0.25) is 0 Å². The van der Waals surface area contributed by atoms with Crippen molar-refractivity contribution in [3.05, 3.63) is 60.7 Å². The van der Waals surface area contributed by atoms with Crippen molar-refractivity contribution in [1.29, 1.82) is 0 Å². The number of ether oxygens (including phenoxy) is 2. The van der Waals surface area contributed by atoms with Gasteiger partial charge in [-0.1, -0.05) is 31.4 Å². The maximum atomic E-state index is 11.7. The second-order valence-electron chi connectivity index (χ2n) is 4.98. The number of rotatable bonds is 4. The molecule has 0 unspecified atom stereocenters. The van der Waals surface area contributed by atoms with Gasteiger partial charge in [0.1, 0.15) is 11.5 Å². The fourth-order valence-electron chi connectivity index (χ4n) is 1.76. The van der Waals surface area contributed by atoms with Crippen molar-refractivity contribution in [3.8, 4) is 11.5 Å². The smallest absolute Gasteiger partial charge is 0.338 e. The molecule has 0 aliphatic carbocycles. The van der Waals surface area contributed by atoms with Gasteiger partial charge in [-0.25, -0.2) is 9.59 Å². The lowest BCUT2D eigenvalue weighted by Crippen LogP contribution is -2.09. The topological polar surface area (TPSA) is 52.6 Å². The number of carbonyl (C=O) groups excluding carboxylic acids is 2. The Balaban J connectivity index is 2.41. The van der Waals surface area contributed by atoms with Crippen LogP contribution < -0.4 is 9.47 Å². The van der Waals surface area contributed by atoms with Crippen LogP contribution >= 0.6 is 0 Å². The molecule has 0 fully saturated rings. The highest BCUT2D eigenvalue weighted by molar-refractivity contribution is 5.95. The highest BCUT2D eigenvalue weighted by Gasteiger charge is 2.11. The van der Waals surface area contributed by atoms with Crippen molar-refractivity contribution in [2.24, 2.45) is 0 Å². The first kappa shape index (κ1) is 15.5. The van der Waals surface area contributed by atoms with Gasteiger partial charge in [-0.15, -0.1) is 0 Å². The zero-order valence-electron chi connectivity index (χ0n) is 12.5. The third-order valence-corrected chi connectivity index (χ3v) is 2.92. The van der Waals surface area contributed by atoms with Crippen molar-refractivity contribution in [1.82, 2.24) is 0 Å². The molecule has 0 atom stereocenters. The second kappa shape index (κ2) is 6.26. The number of benzene rings is 2. The van der Waals surface area contributed by atoms with Crippen molar-refractivity contribution in [3.63, 3.8) is 0 Å². The molecular formula is C18H16O4. The number of esters is 2. The molecule has 4 nitrogen and oxygen atoms in total. The second-order valence-corrected chi connectivity index (χ2v) is 4.98. The maximum Gasteiger partial charge on any atom is 0.338 e. The summed E-state index contributed by atoms with van der Waals surface area (Å²) in [7, 11) is 0. The van der Waals surface area contributed by atoms with Crippen LogP contribution in [0, 0.1) is 0 Å². The molecule has 0 N–H and O–H groups in total. The first-order chi connectivity index (χ1) is 10.4. The van der Waals surface area contributed by atoms with E-state index in [0.717, 1.165) is 5.39 Å². The molecule has 0 radical (unpaired) electrons. The van der Waals surface area contributed by atoms with E-state index in [9.17, 15) is 9.59 Å². The summed E-state index contributed by atoms with van der Waals surface area (Å²) in [6.07, 6.45) is 0. The number of hydrogen-bond donors (Lipinski definition) is 0. The molecule has 2 rings (SSSR count). The lowest BCUT2D eigenvalue weighted by molar-refractivity contribution is -0.131. The summed E-state index contributed by atoms with van der Waals surface area (Å²) in [6.45, 7) is 10.2.